The Kier molecular flexibility index (Phi) is 7.29. The molecule has 0 N–H and O–H groups in total. The predicted octanol–water partition coefficient (Wildman–Crippen LogP) is 2.55. The van der Waals surface area contributed by atoms with Crippen LogP contribution in [0.3, 0.4) is 0 Å². The first kappa shape index (κ1) is 17.0. The zero-order valence-electron chi connectivity index (χ0n) is 12.6. The number of ether oxygens (including phenoxy) is 1. The van der Waals surface area contributed by atoms with E-state index in [4.69, 9.17) is 4.74 Å². The molecule has 0 atom stereocenters. The molecule has 1 aliphatic rings. The Balaban J connectivity index is 2.44. The molecule has 0 spiro atoms. The van der Waals surface area contributed by atoms with Crippen molar-refractivity contribution < 1.29 is 19.1 Å². The molecular formula is C16H21NO4. The van der Waals surface area contributed by atoms with Crippen LogP contribution in [0, 0.1) is 0 Å². The molecule has 0 aliphatic heterocycles. The Hall–Kier alpha value is -2.04. The van der Waals surface area contributed by atoms with Crippen molar-refractivity contribution in [2.24, 2.45) is 4.99 Å². The largest absolute Gasteiger partial charge is 0.389 e. The van der Waals surface area contributed by atoms with Crippen LogP contribution in [0.25, 0.3) is 0 Å². The number of hydrogen-bond donors (Lipinski definition) is 0. The zero-order valence-corrected chi connectivity index (χ0v) is 12.6. The second-order valence-electron chi connectivity index (χ2n) is 4.83. The summed E-state index contributed by atoms with van der Waals surface area (Å²) in [5.74, 6) is -1.96. The van der Waals surface area contributed by atoms with E-state index < -0.39 is 17.7 Å². The van der Waals surface area contributed by atoms with Crippen molar-refractivity contribution >= 4 is 23.4 Å². The molecule has 0 unspecified atom stereocenters. The monoisotopic (exact) mass is 291 g/mol. The lowest BCUT2D eigenvalue weighted by Crippen LogP contribution is -2.21. The van der Waals surface area contributed by atoms with Crippen molar-refractivity contribution in [3.63, 3.8) is 0 Å². The molecule has 0 aromatic carbocycles. The van der Waals surface area contributed by atoms with Crippen molar-refractivity contribution in [1.29, 1.82) is 0 Å². The molecule has 0 bridgehead atoms. The lowest BCUT2D eigenvalue weighted by Gasteiger charge is -2.07. The number of ketones is 1. The lowest BCUT2D eigenvalue weighted by molar-refractivity contribution is -0.157. The van der Waals surface area contributed by atoms with Gasteiger partial charge < -0.3 is 4.74 Å². The van der Waals surface area contributed by atoms with Crippen LogP contribution in [0.1, 0.15) is 45.4 Å². The number of carbonyl (C=O) groups excluding carboxylic acids is 3. The fourth-order valence-corrected chi connectivity index (χ4v) is 1.90. The van der Waals surface area contributed by atoms with Crippen LogP contribution in [0.4, 0.5) is 0 Å². The van der Waals surface area contributed by atoms with Crippen LogP contribution < -0.4 is 0 Å². The van der Waals surface area contributed by atoms with Crippen LogP contribution in [0.15, 0.2) is 28.8 Å². The van der Waals surface area contributed by atoms with E-state index >= 15 is 0 Å². The summed E-state index contributed by atoms with van der Waals surface area (Å²) in [7, 11) is 1.55. The molecule has 0 aromatic rings. The summed E-state index contributed by atoms with van der Waals surface area (Å²) in [6.45, 7) is 2.12. The summed E-state index contributed by atoms with van der Waals surface area (Å²) >= 11 is 0. The first-order valence-electron chi connectivity index (χ1n) is 7.24. The molecule has 0 saturated carbocycles. The number of nitrogens with zero attached hydrogens (tertiary/aromatic N) is 1. The topological polar surface area (TPSA) is 72.8 Å². The van der Waals surface area contributed by atoms with Gasteiger partial charge in [0.05, 0.1) is 5.71 Å². The minimum absolute atomic E-state index is 0.155. The quantitative estimate of drug-likeness (QED) is 0.237. The third kappa shape index (κ3) is 5.85. The summed E-state index contributed by atoms with van der Waals surface area (Å²) in [5.41, 5.74) is 0.339. The first-order valence-corrected chi connectivity index (χ1v) is 7.24. The van der Waals surface area contributed by atoms with Crippen molar-refractivity contribution in [1.82, 2.24) is 0 Å². The molecule has 0 aromatic heterocycles. The molecule has 5 nitrogen and oxygen atoms in total. The molecular weight excluding hydrogens is 270 g/mol. The van der Waals surface area contributed by atoms with Gasteiger partial charge in [-0.2, -0.15) is 0 Å². The number of carbonyl (C=O) groups is 3. The second-order valence-corrected chi connectivity index (χ2v) is 4.83. The van der Waals surface area contributed by atoms with Crippen molar-refractivity contribution in [3.05, 3.63) is 23.8 Å². The third-order valence-corrected chi connectivity index (χ3v) is 3.13. The zero-order chi connectivity index (χ0) is 15.7. The standard InChI is InChI=1S/C16H21NO4/c1-3-4-5-6-7-8-15(19)21-16(20)13-11-12(17-2)9-10-14(13)18/h9-11H,3-8H2,1-2H3. The Labute approximate surface area is 124 Å². The van der Waals surface area contributed by atoms with Crippen molar-refractivity contribution in [3.8, 4) is 0 Å². The highest BCUT2D eigenvalue weighted by atomic mass is 16.6. The number of hydrogen-bond acceptors (Lipinski definition) is 5. The minimum atomic E-state index is -0.899. The second kappa shape index (κ2) is 9.00. The Morgan fingerprint density at radius 1 is 1.14 bits per heavy atom. The van der Waals surface area contributed by atoms with Gasteiger partial charge in [0.2, 0.25) is 0 Å². The maximum absolute atomic E-state index is 11.8. The van der Waals surface area contributed by atoms with E-state index in [1.54, 1.807) is 7.05 Å². The molecule has 0 radical (unpaired) electrons. The van der Waals surface area contributed by atoms with E-state index in [2.05, 4.69) is 11.9 Å². The number of unbranched alkanes of at least 4 members (excludes halogenated alkanes) is 4. The van der Waals surface area contributed by atoms with Crippen LogP contribution in [-0.4, -0.2) is 30.5 Å². The van der Waals surface area contributed by atoms with Gasteiger partial charge in [0.25, 0.3) is 0 Å². The van der Waals surface area contributed by atoms with Gasteiger partial charge in [0, 0.05) is 13.5 Å². The third-order valence-electron chi connectivity index (χ3n) is 3.13. The van der Waals surface area contributed by atoms with E-state index in [-0.39, 0.29) is 12.0 Å². The van der Waals surface area contributed by atoms with E-state index in [1.165, 1.54) is 18.2 Å². The minimum Gasteiger partial charge on any atom is -0.389 e. The summed E-state index contributed by atoms with van der Waals surface area (Å²) in [6, 6.07) is 0. The Morgan fingerprint density at radius 2 is 1.86 bits per heavy atom. The molecule has 1 aliphatic carbocycles. The van der Waals surface area contributed by atoms with Gasteiger partial charge in [-0.3, -0.25) is 14.6 Å². The molecule has 0 heterocycles. The number of rotatable bonds is 7. The van der Waals surface area contributed by atoms with Gasteiger partial charge in [-0.25, -0.2) is 4.79 Å². The van der Waals surface area contributed by atoms with Crippen LogP contribution >= 0.6 is 0 Å². The van der Waals surface area contributed by atoms with Crippen molar-refractivity contribution in [2.75, 3.05) is 7.05 Å². The van der Waals surface area contributed by atoms with Crippen LogP contribution in [-0.2, 0) is 19.1 Å². The van der Waals surface area contributed by atoms with Gasteiger partial charge >= 0.3 is 11.9 Å². The van der Waals surface area contributed by atoms with E-state index in [9.17, 15) is 14.4 Å². The summed E-state index contributed by atoms with van der Waals surface area (Å²) in [6.07, 6.45) is 9.26. The highest BCUT2D eigenvalue weighted by Gasteiger charge is 2.23. The Bertz CT molecular complexity index is 500. The number of esters is 2. The van der Waals surface area contributed by atoms with Gasteiger partial charge in [-0.15, -0.1) is 0 Å². The van der Waals surface area contributed by atoms with E-state index in [1.807, 2.05) is 0 Å². The van der Waals surface area contributed by atoms with Crippen molar-refractivity contribution in [2.45, 2.75) is 45.4 Å². The SMILES string of the molecule is CCCCCCCC(=O)OC(=O)C1=CC(=NC)C=CC1=O. The maximum Gasteiger partial charge on any atom is 0.349 e. The first-order chi connectivity index (χ1) is 10.1. The average molecular weight is 291 g/mol. The predicted molar refractivity (Wildman–Crippen MR) is 80.1 cm³/mol. The van der Waals surface area contributed by atoms with Gasteiger partial charge in [0.1, 0.15) is 5.57 Å². The van der Waals surface area contributed by atoms with Gasteiger partial charge in [-0.1, -0.05) is 32.6 Å². The van der Waals surface area contributed by atoms with Crippen LogP contribution in [0.2, 0.25) is 0 Å². The fraction of sp³-hybridized carbons (Fsp3) is 0.500. The highest BCUT2D eigenvalue weighted by molar-refractivity contribution is 6.30. The van der Waals surface area contributed by atoms with Crippen LogP contribution in [0.5, 0.6) is 0 Å². The molecule has 1 rings (SSSR count). The fourth-order valence-electron chi connectivity index (χ4n) is 1.90. The summed E-state index contributed by atoms with van der Waals surface area (Å²) < 4.78 is 4.70. The van der Waals surface area contributed by atoms with Gasteiger partial charge in [-0.05, 0) is 24.6 Å². The van der Waals surface area contributed by atoms with E-state index in [0.29, 0.717) is 12.1 Å². The molecule has 0 saturated heterocycles. The smallest absolute Gasteiger partial charge is 0.349 e. The number of allylic oxidation sites excluding steroid dienone is 3. The summed E-state index contributed by atoms with van der Waals surface area (Å²) in [5, 5.41) is 0. The lowest BCUT2D eigenvalue weighted by atomic mass is 10.0. The van der Waals surface area contributed by atoms with E-state index in [0.717, 1.165) is 25.7 Å². The molecule has 5 heteroatoms. The highest BCUT2D eigenvalue weighted by Crippen LogP contribution is 2.10. The molecule has 114 valence electrons. The maximum atomic E-state index is 11.8. The molecule has 21 heavy (non-hydrogen) atoms. The normalized spacial score (nSPS) is 16.0. The van der Waals surface area contributed by atoms with Gasteiger partial charge in [0.15, 0.2) is 5.78 Å². The Morgan fingerprint density at radius 3 is 2.52 bits per heavy atom. The number of aliphatic imine (C=N–C) groups is 1. The molecule has 0 fully saturated rings. The average Bonchev–Trinajstić information content (AvgIpc) is 2.47. The summed E-state index contributed by atoms with van der Waals surface area (Å²) in [4.78, 5) is 38.8. The molecule has 0 amide bonds.